The van der Waals surface area contributed by atoms with Crippen molar-refractivity contribution >= 4 is 16.5 Å². The number of hydrogen-bond donors (Lipinski definition) is 1. The van der Waals surface area contributed by atoms with Crippen LogP contribution in [0.5, 0.6) is 0 Å². The van der Waals surface area contributed by atoms with Crippen molar-refractivity contribution in [1.82, 2.24) is 0 Å². The Balaban J connectivity index is 1.93. The van der Waals surface area contributed by atoms with Crippen LogP contribution in [-0.2, 0) is 10.8 Å². The fraction of sp³-hybridized carbons (Fsp3) is 0.600. The predicted molar refractivity (Wildman–Crippen MR) is 78.1 cm³/mol. The summed E-state index contributed by atoms with van der Waals surface area (Å²) < 4.78 is 12.3. The second-order valence-electron chi connectivity index (χ2n) is 5.31. The van der Waals surface area contributed by atoms with Crippen molar-refractivity contribution < 1.29 is 4.21 Å². The molecule has 1 aliphatic rings. The molecule has 0 aliphatic heterocycles. The van der Waals surface area contributed by atoms with Crippen LogP contribution in [0.3, 0.4) is 0 Å². The van der Waals surface area contributed by atoms with E-state index in [1.807, 2.05) is 25.1 Å². The minimum absolute atomic E-state index is 0.749. The van der Waals surface area contributed by atoms with Crippen LogP contribution in [-0.4, -0.2) is 9.96 Å². The molecule has 0 spiro atoms. The maximum atomic E-state index is 12.3. The summed E-state index contributed by atoms with van der Waals surface area (Å²) in [6.45, 7) is 1.96. The Morgan fingerprint density at radius 3 is 2.72 bits per heavy atom. The van der Waals surface area contributed by atoms with Gasteiger partial charge >= 0.3 is 0 Å². The largest absolute Gasteiger partial charge is 0.398 e. The van der Waals surface area contributed by atoms with Crippen molar-refractivity contribution in [3.05, 3.63) is 23.8 Å². The molecule has 0 radical (unpaired) electrons. The van der Waals surface area contributed by atoms with Crippen LogP contribution in [0.15, 0.2) is 23.1 Å². The van der Waals surface area contributed by atoms with E-state index in [4.69, 9.17) is 5.73 Å². The summed E-state index contributed by atoms with van der Waals surface area (Å²) in [5.74, 6) is 1.58. The lowest BCUT2D eigenvalue weighted by molar-refractivity contribution is 0.351. The van der Waals surface area contributed by atoms with Gasteiger partial charge < -0.3 is 5.73 Å². The van der Waals surface area contributed by atoms with Crippen LogP contribution in [0.2, 0.25) is 0 Å². The summed E-state index contributed by atoms with van der Waals surface area (Å²) in [7, 11) is -0.887. The van der Waals surface area contributed by atoms with Gasteiger partial charge in [0.15, 0.2) is 0 Å². The van der Waals surface area contributed by atoms with Gasteiger partial charge in [0, 0.05) is 16.3 Å². The molecular formula is C15H23NOS. The van der Waals surface area contributed by atoms with Gasteiger partial charge in [0.05, 0.1) is 10.8 Å². The molecule has 1 fully saturated rings. The van der Waals surface area contributed by atoms with Crippen LogP contribution in [0, 0.1) is 12.8 Å². The van der Waals surface area contributed by atoms with Gasteiger partial charge in [-0.15, -0.1) is 0 Å². The summed E-state index contributed by atoms with van der Waals surface area (Å²) in [4.78, 5) is 0.922. The fourth-order valence-corrected chi connectivity index (χ4v) is 4.19. The molecule has 2 rings (SSSR count). The molecule has 0 heterocycles. The maximum absolute atomic E-state index is 12.3. The van der Waals surface area contributed by atoms with Gasteiger partial charge in [0.25, 0.3) is 0 Å². The van der Waals surface area contributed by atoms with E-state index < -0.39 is 10.8 Å². The highest BCUT2D eigenvalue weighted by molar-refractivity contribution is 7.85. The predicted octanol–water partition coefficient (Wildman–Crippen LogP) is 3.66. The molecular weight excluding hydrogens is 242 g/mol. The Morgan fingerprint density at radius 2 is 2.00 bits per heavy atom. The average molecular weight is 265 g/mol. The van der Waals surface area contributed by atoms with Crippen molar-refractivity contribution in [2.45, 2.75) is 50.3 Å². The number of rotatable bonds is 4. The molecule has 1 aromatic rings. The first-order chi connectivity index (χ1) is 8.68. The molecule has 0 aromatic heterocycles. The summed E-state index contributed by atoms with van der Waals surface area (Å²) >= 11 is 0. The highest BCUT2D eigenvalue weighted by Crippen LogP contribution is 2.27. The first kappa shape index (κ1) is 13.6. The van der Waals surface area contributed by atoms with Crippen LogP contribution in [0.4, 0.5) is 5.69 Å². The third-order valence-electron chi connectivity index (χ3n) is 4.01. The SMILES string of the molecule is Cc1c(N)cccc1S(=O)CCC1CCCCC1. The van der Waals surface area contributed by atoms with E-state index in [0.29, 0.717) is 0 Å². The van der Waals surface area contributed by atoms with Crippen LogP contribution in [0.1, 0.15) is 44.1 Å². The molecule has 1 saturated carbocycles. The number of hydrogen-bond acceptors (Lipinski definition) is 2. The molecule has 18 heavy (non-hydrogen) atoms. The topological polar surface area (TPSA) is 43.1 Å². The van der Waals surface area contributed by atoms with Crippen molar-refractivity contribution in [3.8, 4) is 0 Å². The maximum Gasteiger partial charge on any atom is 0.0533 e. The zero-order valence-electron chi connectivity index (χ0n) is 11.2. The zero-order chi connectivity index (χ0) is 13.0. The number of nitrogen functional groups attached to an aromatic ring is 1. The molecule has 2 N–H and O–H groups in total. The summed E-state index contributed by atoms with van der Waals surface area (Å²) in [5, 5.41) is 0. The first-order valence-electron chi connectivity index (χ1n) is 6.92. The number of nitrogens with two attached hydrogens (primary N) is 1. The van der Waals surface area contributed by atoms with Crippen LogP contribution >= 0.6 is 0 Å². The number of benzene rings is 1. The molecule has 100 valence electrons. The van der Waals surface area contributed by atoms with Crippen molar-refractivity contribution in [2.75, 3.05) is 11.5 Å². The molecule has 1 aromatic carbocycles. The van der Waals surface area contributed by atoms with E-state index in [0.717, 1.165) is 34.2 Å². The normalized spacial score (nSPS) is 18.7. The monoisotopic (exact) mass is 265 g/mol. The number of anilines is 1. The Kier molecular flexibility index (Phi) is 4.81. The summed E-state index contributed by atoms with van der Waals surface area (Å²) in [6, 6.07) is 5.72. The molecule has 1 atom stereocenters. The highest BCUT2D eigenvalue weighted by Gasteiger charge is 2.16. The summed E-state index contributed by atoms with van der Waals surface area (Å²) in [5.41, 5.74) is 7.60. The van der Waals surface area contributed by atoms with Crippen LogP contribution in [0.25, 0.3) is 0 Å². The smallest absolute Gasteiger partial charge is 0.0533 e. The Bertz CT molecular complexity index is 425. The van der Waals surface area contributed by atoms with E-state index in [2.05, 4.69) is 0 Å². The van der Waals surface area contributed by atoms with Gasteiger partial charge in [0.1, 0.15) is 0 Å². The lowest BCUT2D eigenvalue weighted by Gasteiger charge is -2.21. The van der Waals surface area contributed by atoms with Gasteiger partial charge in [-0.1, -0.05) is 38.2 Å². The first-order valence-corrected chi connectivity index (χ1v) is 8.24. The molecule has 0 amide bonds. The lowest BCUT2D eigenvalue weighted by Crippen LogP contribution is -2.11. The minimum Gasteiger partial charge on any atom is -0.398 e. The third kappa shape index (κ3) is 3.35. The molecule has 1 aliphatic carbocycles. The molecule has 3 heteroatoms. The lowest BCUT2D eigenvalue weighted by atomic mass is 9.88. The van der Waals surface area contributed by atoms with E-state index in [1.54, 1.807) is 0 Å². The fourth-order valence-electron chi connectivity index (χ4n) is 2.74. The van der Waals surface area contributed by atoms with E-state index >= 15 is 0 Å². The Morgan fingerprint density at radius 1 is 1.28 bits per heavy atom. The standard InChI is InChI=1S/C15H23NOS/c1-12-14(16)8-5-9-15(12)18(17)11-10-13-6-3-2-4-7-13/h5,8-9,13H,2-4,6-7,10-11,16H2,1H3. The highest BCUT2D eigenvalue weighted by atomic mass is 32.2. The van der Waals surface area contributed by atoms with Gasteiger partial charge in [0.2, 0.25) is 0 Å². The zero-order valence-corrected chi connectivity index (χ0v) is 12.0. The van der Waals surface area contributed by atoms with E-state index in [9.17, 15) is 4.21 Å². The minimum atomic E-state index is -0.887. The third-order valence-corrected chi connectivity index (χ3v) is 5.55. The molecule has 0 saturated heterocycles. The second kappa shape index (κ2) is 6.37. The van der Waals surface area contributed by atoms with Crippen molar-refractivity contribution in [2.24, 2.45) is 5.92 Å². The Hall–Kier alpha value is -0.830. The van der Waals surface area contributed by atoms with Gasteiger partial charge in [-0.2, -0.15) is 0 Å². The average Bonchev–Trinajstić information content (AvgIpc) is 2.40. The molecule has 2 nitrogen and oxygen atoms in total. The van der Waals surface area contributed by atoms with Crippen molar-refractivity contribution in [1.29, 1.82) is 0 Å². The summed E-state index contributed by atoms with van der Waals surface area (Å²) in [6.07, 6.45) is 7.85. The van der Waals surface area contributed by atoms with Crippen molar-refractivity contribution in [3.63, 3.8) is 0 Å². The van der Waals surface area contributed by atoms with E-state index in [-0.39, 0.29) is 0 Å². The quantitative estimate of drug-likeness (QED) is 0.844. The van der Waals surface area contributed by atoms with Gasteiger partial charge in [-0.3, -0.25) is 4.21 Å². The van der Waals surface area contributed by atoms with Gasteiger partial charge in [-0.05, 0) is 37.0 Å². The van der Waals surface area contributed by atoms with E-state index in [1.165, 1.54) is 32.1 Å². The van der Waals surface area contributed by atoms with Gasteiger partial charge in [-0.25, -0.2) is 0 Å². The Labute approximate surface area is 112 Å². The molecule has 1 unspecified atom stereocenters. The molecule has 0 bridgehead atoms. The second-order valence-corrected chi connectivity index (χ2v) is 6.85. The van der Waals surface area contributed by atoms with Crippen LogP contribution < -0.4 is 5.73 Å².